The lowest BCUT2D eigenvalue weighted by molar-refractivity contribution is 0.281. The van der Waals surface area contributed by atoms with E-state index in [2.05, 4.69) is 56.5 Å². The van der Waals surface area contributed by atoms with Crippen LogP contribution in [0.4, 0.5) is 0 Å². The van der Waals surface area contributed by atoms with Crippen LogP contribution in [0.25, 0.3) is 22.3 Å². The van der Waals surface area contributed by atoms with E-state index in [0.717, 1.165) is 22.3 Å². The van der Waals surface area contributed by atoms with E-state index in [9.17, 15) is 10.2 Å². The summed E-state index contributed by atoms with van der Waals surface area (Å²) in [7, 11) is 0. The molecule has 3 heteroatoms. The van der Waals surface area contributed by atoms with Crippen molar-refractivity contribution in [1.82, 2.24) is 4.57 Å². The fraction of sp³-hybridized carbons (Fsp3) is 0.429. The molecule has 2 aromatic carbocycles. The maximum atomic E-state index is 9.89. The molecule has 1 aliphatic carbocycles. The molecule has 0 bridgehead atoms. The number of aliphatic hydroxyl groups is 2. The predicted octanol–water partition coefficient (Wildman–Crippen LogP) is 6.55. The van der Waals surface area contributed by atoms with E-state index in [0.29, 0.717) is 6.04 Å². The summed E-state index contributed by atoms with van der Waals surface area (Å²) in [6.45, 7) is 8.86. The van der Waals surface area contributed by atoms with Crippen LogP contribution >= 0.6 is 0 Å². The lowest BCUT2D eigenvalue weighted by Crippen LogP contribution is -2.15. The Morgan fingerprint density at radius 3 is 1.58 bits per heavy atom. The molecule has 0 atom stereocenters. The molecule has 2 N–H and O–H groups in total. The highest BCUT2D eigenvalue weighted by atomic mass is 16.3. The average Bonchev–Trinajstić information content (AvgIpc) is 3.04. The van der Waals surface area contributed by atoms with E-state index >= 15 is 0 Å². The van der Waals surface area contributed by atoms with Crippen LogP contribution in [-0.2, 0) is 13.2 Å². The Bertz CT molecular complexity index is 1010. The number of hydrogen-bond acceptors (Lipinski definition) is 2. The summed E-state index contributed by atoms with van der Waals surface area (Å²) in [5.41, 5.74) is 11.8. The molecular weight excluding hydrogens is 382 g/mol. The second-order valence-corrected chi connectivity index (χ2v) is 9.08. The number of benzene rings is 2. The topological polar surface area (TPSA) is 45.4 Å². The van der Waals surface area contributed by atoms with Gasteiger partial charge in [0.15, 0.2) is 0 Å². The Morgan fingerprint density at radius 1 is 0.710 bits per heavy atom. The van der Waals surface area contributed by atoms with Crippen molar-refractivity contribution in [3.05, 3.63) is 70.0 Å². The first kappa shape index (κ1) is 21.9. The zero-order chi connectivity index (χ0) is 22.1. The van der Waals surface area contributed by atoms with Gasteiger partial charge in [0.25, 0.3) is 0 Å². The van der Waals surface area contributed by atoms with Crippen LogP contribution in [0.15, 0.2) is 36.4 Å². The Kier molecular flexibility index (Phi) is 6.36. The lowest BCUT2D eigenvalue weighted by Gasteiger charge is -2.26. The monoisotopic (exact) mass is 417 g/mol. The first-order chi connectivity index (χ1) is 15.0. The summed E-state index contributed by atoms with van der Waals surface area (Å²) in [4.78, 5) is 0. The van der Waals surface area contributed by atoms with E-state index in [1.54, 1.807) is 0 Å². The zero-order valence-electron chi connectivity index (χ0n) is 19.3. The highest BCUT2D eigenvalue weighted by molar-refractivity contribution is 5.90. The second kappa shape index (κ2) is 9.02. The number of rotatable bonds is 5. The largest absolute Gasteiger partial charge is 0.392 e. The van der Waals surface area contributed by atoms with Crippen LogP contribution in [0, 0.1) is 27.7 Å². The third-order valence-electron chi connectivity index (χ3n) is 7.41. The van der Waals surface area contributed by atoms with Gasteiger partial charge in [-0.2, -0.15) is 0 Å². The standard InChI is InChI=1S/C28H35NO2/c1-18-22(16-30)10-8-14-25(18)27-20(3)29(24-12-6-5-7-13-24)21(4)28(27)26-15-9-11-23(17-31)19(26)2/h8-11,14-15,24,30-31H,5-7,12-13,16-17H2,1-4H3. The predicted molar refractivity (Wildman–Crippen MR) is 128 cm³/mol. The van der Waals surface area contributed by atoms with Crippen molar-refractivity contribution in [2.45, 2.75) is 79.1 Å². The van der Waals surface area contributed by atoms with Crippen molar-refractivity contribution >= 4 is 0 Å². The van der Waals surface area contributed by atoms with Gasteiger partial charge in [-0.25, -0.2) is 0 Å². The quantitative estimate of drug-likeness (QED) is 0.495. The fourth-order valence-electron chi connectivity index (χ4n) is 5.65. The van der Waals surface area contributed by atoms with Gasteiger partial charge in [-0.15, -0.1) is 0 Å². The molecular formula is C28H35NO2. The van der Waals surface area contributed by atoms with Crippen LogP contribution in [0.5, 0.6) is 0 Å². The third kappa shape index (κ3) is 3.75. The minimum atomic E-state index is 0.0510. The number of hydrogen-bond donors (Lipinski definition) is 2. The van der Waals surface area contributed by atoms with Gasteiger partial charge in [0.2, 0.25) is 0 Å². The normalized spacial score (nSPS) is 14.9. The lowest BCUT2D eigenvalue weighted by atomic mass is 9.88. The molecule has 1 saturated carbocycles. The third-order valence-corrected chi connectivity index (χ3v) is 7.41. The van der Waals surface area contributed by atoms with E-state index in [4.69, 9.17) is 0 Å². The maximum absolute atomic E-state index is 9.89. The molecule has 31 heavy (non-hydrogen) atoms. The molecule has 0 aliphatic heterocycles. The molecule has 0 radical (unpaired) electrons. The summed E-state index contributed by atoms with van der Waals surface area (Å²) < 4.78 is 2.58. The molecule has 3 aromatic rings. The molecule has 1 aliphatic rings. The Hall–Kier alpha value is -2.36. The van der Waals surface area contributed by atoms with Gasteiger partial charge in [0, 0.05) is 28.6 Å². The van der Waals surface area contributed by atoms with E-state index < -0.39 is 0 Å². The highest BCUT2D eigenvalue weighted by Gasteiger charge is 2.27. The molecule has 0 amide bonds. The van der Waals surface area contributed by atoms with Gasteiger partial charge in [0.05, 0.1) is 13.2 Å². The number of aliphatic hydroxyl groups excluding tert-OH is 2. The minimum Gasteiger partial charge on any atom is -0.392 e. The van der Waals surface area contributed by atoms with Gasteiger partial charge < -0.3 is 14.8 Å². The van der Waals surface area contributed by atoms with Crippen molar-refractivity contribution in [3.63, 3.8) is 0 Å². The number of aromatic nitrogens is 1. The Labute approximate surface area is 186 Å². The zero-order valence-corrected chi connectivity index (χ0v) is 19.3. The SMILES string of the molecule is Cc1c(CO)cccc1-c1c(-c2cccc(CO)c2C)c(C)n(C2CCCCC2)c1C. The molecule has 3 nitrogen and oxygen atoms in total. The average molecular weight is 418 g/mol. The highest BCUT2D eigenvalue weighted by Crippen LogP contribution is 2.45. The van der Waals surface area contributed by atoms with Crippen LogP contribution in [0.1, 0.15) is 71.8 Å². The van der Waals surface area contributed by atoms with Crippen LogP contribution in [0.2, 0.25) is 0 Å². The van der Waals surface area contributed by atoms with Crippen molar-refractivity contribution in [2.75, 3.05) is 0 Å². The summed E-state index contributed by atoms with van der Waals surface area (Å²) in [6, 6.07) is 13.1. The smallest absolute Gasteiger partial charge is 0.0684 e. The molecule has 4 rings (SSSR count). The van der Waals surface area contributed by atoms with Crippen LogP contribution in [0.3, 0.4) is 0 Å². The van der Waals surface area contributed by atoms with Crippen LogP contribution < -0.4 is 0 Å². The van der Waals surface area contributed by atoms with Gasteiger partial charge >= 0.3 is 0 Å². The summed E-state index contributed by atoms with van der Waals surface area (Å²) in [6.07, 6.45) is 6.40. The van der Waals surface area contributed by atoms with E-state index in [1.165, 1.54) is 65.7 Å². The molecule has 0 spiro atoms. The van der Waals surface area contributed by atoms with Crippen molar-refractivity contribution in [2.24, 2.45) is 0 Å². The molecule has 1 fully saturated rings. The van der Waals surface area contributed by atoms with Crippen molar-refractivity contribution in [3.8, 4) is 22.3 Å². The molecule has 1 heterocycles. The van der Waals surface area contributed by atoms with Gasteiger partial charge in [0.1, 0.15) is 0 Å². The minimum absolute atomic E-state index is 0.0510. The van der Waals surface area contributed by atoms with Crippen molar-refractivity contribution < 1.29 is 10.2 Å². The molecule has 164 valence electrons. The van der Waals surface area contributed by atoms with Gasteiger partial charge in [-0.3, -0.25) is 0 Å². The number of nitrogens with zero attached hydrogens (tertiary/aromatic N) is 1. The summed E-state index contributed by atoms with van der Waals surface area (Å²) in [5, 5.41) is 19.8. The van der Waals surface area contributed by atoms with Crippen molar-refractivity contribution in [1.29, 1.82) is 0 Å². The van der Waals surface area contributed by atoms with Gasteiger partial charge in [-0.05, 0) is 73.9 Å². The first-order valence-corrected chi connectivity index (χ1v) is 11.6. The van der Waals surface area contributed by atoms with Crippen LogP contribution in [-0.4, -0.2) is 14.8 Å². The maximum Gasteiger partial charge on any atom is 0.0684 e. The fourth-order valence-corrected chi connectivity index (χ4v) is 5.65. The second-order valence-electron chi connectivity index (χ2n) is 9.08. The van der Waals surface area contributed by atoms with E-state index in [1.807, 2.05) is 12.1 Å². The van der Waals surface area contributed by atoms with E-state index in [-0.39, 0.29) is 13.2 Å². The molecule has 0 saturated heterocycles. The molecule has 1 aromatic heterocycles. The summed E-state index contributed by atoms with van der Waals surface area (Å²) in [5.74, 6) is 0. The Morgan fingerprint density at radius 2 is 1.16 bits per heavy atom. The first-order valence-electron chi connectivity index (χ1n) is 11.6. The molecule has 0 unspecified atom stereocenters. The van der Waals surface area contributed by atoms with Gasteiger partial charge in [-0.1, -0.05) is 55.7 Å². The Balaban J connectivity index is 2.04. The summed E-state index contributed by atoms with van der Waals surface area (Å²) >= 11 is 0.